The van der Waals surface area contributed by atoms with Crippen molar-refractivity contribution in [3.63, 3.8) is 0 Å². The fraction of sp³-hybridized carbons (Fsp3) is 0.0625. The van der Waals surface area contributed by atoms with Crippen LogP contribution in [0.2, 0.25) is 0 Å². The Bertz CT molecular complexity index is 991. The van der Waals surface area contributed by atoms with Crippen molar-refractivity contribution in [1.82, 2.24) is 4.98 Å². The first-order chi connectivity index (χ1) is 11.5. The first-order valence-electron chi connectivity index (χ1n) is 6.98. The minimum atomic E-state index is -0.563. The number of aromatic hydroxyl groups is 1. The van der Waals surface area contributed by atoms with Crippen LogP contribution in [0, 0.1) is 17.0 Å². The summed E-state index contributed by atoms with van der Waals surface area (Å²) in [6.07, 6.45) is 0. The van der Waals surface area contributed by atoms with Crippen LogP contribution >= 0.6 is 0 Å². The Kier molecular flexibility index (Phi) is 3.78. The molecule has 24 heavy (non-hydrogen) atoms. The largest absolute Gasteiger partial charge is 0.493 e. The summed E-state index contributed by atoms with van der Waals surface area (Å²) < 4.78 is 0. The van der Waals surface area contributed by atoms with Gasteiger partial charge in [0.1, 0.15) is 0 Å². The van der Waals surface area contributed by atoms with E-state index in [2.05, 4.69) is 15.2 Å². The number of carbonyl (C=O) groups is 1. The van der Waals surface area contributed by atoms with E-state index < -0.39 is 10.8 Å². The van der Waals surface area contributed by atoms with Crippen molar-refractivity contribution in [2.24, 2.45) is 10.2 Å². The Morgan fingerprint density at radius 2 is 2.00 bits per heavy atom. The van der Waals surface area contributed by atoms with Crippen LogP contribution in [-0.4, -0.2) is 20.9 Å². The van der Waals surface area contributed by atoms with Crippen molar-refractivity contribution in [3.05, 3.63) is 63.7 Å². The highest BCUT2D eigenvalue weighted by molar-refractivity contribution is 5.98. The second-order valence-corrected chi connectivity index (χ2v) is 5.13. The predicted octanol–water partition coefficient (Wildman–Crippen LogP) is 4.01. The van der Waals surface area contributed by atoms with Crippen LogP contribution in [0.15, 0.2) is 52.7 Å². The summed E-state index contributed by atoms with van der Waals surface area (Å²) >= 11 is 0. The molecule has 1 aromatic heterocycles. The molecule has 0 aliphatic heterocycles. The molecule has 0 aliphatic carbocycles. The zero-order valence-corrected chi connectivity index (χ0v) is 12.6. The molecule has 120 valence electrons. The van der Waals surface area contributed by atoms with Crippen LogP contribution in [0.5, 0.6) is 5.88 Å². The first kappa shape index (κ1) is 15.3. The molecule has 0 saturated carbocycles. The molecule has 3 rings (SSSR count). The van der Waals surface area contributed by atoms with Crippen LogP contribution < -0.4 is 0 Å². The molecule has 1 heterocycles. The lowest BCUT2D eigenvalue weighted by Crippen LogP contribution is -1.96. The molecule has 8 nitrogen and oxygen atoms in total. The van der Waals surface area contributed by atoms with Crippen LogP contribution in [-0.2, 0) is 0 Å². The lowest BCUT2D eigenvalue weighted by molar-refractivity contribution is -0.384. The van der Waals surface area contributed by atoms with Gasteiger partial charge in [-0.25, -0.2) is 0 Å². The highest BCUT2D eigenvalue weighted by Crippen LogP contribution is 2.37. The highest BCUT2D eigenvalue weighted by Gasteiger charge is 2.15. The van der Waals surface area contributed by atoms with Gasteiger partial charge in [0.15, 0.2) is 5.69 Å². The lowest BCUT2D eigenvalue weighted by atomic mass is 10.1. The number of H-pyrrole nitrogens is 1. The quantitative estimate of drug-likeness (QED) is 0.429. The number of nitro groups is 1. The van der Waals surface area contributed by atoms with E-state index in [1.54, 1.807) is 31.2 Å². The number of benzene rings is 2. The number of fused-ring (bicyclic) bond motifs is 1. The second kappa shape index (κ2) is 5.92. The Morgan fingerprint density at radius 1 is 1.25 bits per heavy atom. The summed E-state index contributed by atoms with van der Waals surface area (Å²) in [5, 5.41) is 28.5. The standard InChI is InChI=1S/C16H12N4O4/c1-9-4-2-3-5-11(9)15(21)19-18-14-12-8-10(20(23)24)6-7-13(12)17-16(14)22/h2-8,17,22H,1H3. The van der Waals surface area contributed by atoms with E-state index in [-0.39, 0.29) is 17.3 Å². The van der Waals surface area contributed by atoms with Gasteiger partial charge in [0.05, 0.1) is 10.4 Å². The van der Waals surface area contributed by atoms with E-state index >= 15 is 0 Å². The molecule has 2 aromatic carbocycles. The monoisotopic (exact) mass is 324 g/mol. The van der Waals surface area contributed by atoms with Gasteiger partial charge in [-0.2, -0.15) is 0 Å². The molecule has 0 saturated heterocycles. The van der Waals surface area contributed by atoms with Gasteiger partial charge in [0.25, 0.3) is 11.6 Å². The number of nitrogens with one attached hydrogen (secondary N) is 1. The molecule has 3 aromatic rings. The number of hydrogen-bond acceptors (Lipinski definition) is 5. The maximum atomic E-state index is 12.1. The molecule has 2 N–H and O–H groups in total. The Morgan fingerprint density at radius 3 is 2.71 bits per heavy atom. The molecule has 0 bridgehead atoms. The van der Waals surface area contributed by atoms with Gasteiger partial charge in [0.2, 0.25) is 5.88 Å². The van der Waals surface area contributed by atoms with Gasteiger partial charge in [0, 0.05) is 23.1 Å². The molecule has 0 spiro atoms. The van der Waals surface area contributed by atoms with Crippen molar-refractivity contribution >= 4 is 28.2 Å². The van der Waals surface area contributed by atoms with Crippen molar-refractivity contribution in [2.45, 2.75) is 6.92 Å². The third kappa shape index (κ3) is 2.72. The number of aromatic nitrogens is 1. The Hall–Kier alpha value is -3.55. The van der Waals surface area contributed by atoms with E-state index in [0.29, 0.717) is 16.5 Å². The van der Waals surface area contributed by atoms with E-state index in [4.69, 9.17) is 0 Å². The summed E-state index contributed by atoms with van der Waals surface area (Å²) in [5.74, 6) is -0.876. The smallest absolute Gasteiger partial charge is 0.295 e. The third-order valence-corrected chi connectivity index (χ3v) is 3.56. The second-order valence-electron chi connectivity index (χ2n) is 5.13. The molecule has 1 amide bonds. The normalized spacial score (nSPS) is 11.2. The number of azo groups is 1. The van der Waals surface area contributed by atoms with Gasteiger partial charge >= 0.3 is 0 Å². The van der Waals surface area contributed by atoms with E-state index in [0.717, 1.165) is 5.56 Å². The molecule has 0 radical (unpaired) electrons. The summed E-state index contributed by atoms with van der Waals surface area (Å²) in [6, 6.07) is 10.9. The van der Waals surface area contributed by atoms with Crippen molar-refractivity contribution in [3.8, 4) is 5.88 Å². The van der Waals surface area contributed by atoms with Gasteiger partial charge in [-0.05, 0) is 24.6 Å². The van der Waals surface area contributed by atoms with Gasteiger partial charge in [-0.15, -0.1) is 10.2 Å². The molecule has 0 fully saturated rings. The topological polar surface area (TPSA) is 121 Å². The van der Waals surface area contributed by atoms with E-state index in [9.17, 15) is 20.0 Å². The van der Waals surface area contributed by atoms with Crippen LogP contribution in [0.4, 0.5) is 11.4 Å². The molecular formula is C16H12N4O4. The number of carbonyl (C=O) groups excluding carboxylic acids is 1. The van der Waals surface area contributed by atoms with Crippen molar-refractivity contribution < 1.29 is 14.8 Å². The van der Waals surface area contributed by atoms with Gasteiger partial charge in [-0.3, -0.25) is 14.9 Å². The number of hydrogen-bond donors (Lipinski definition) is 2. The Labute approximate surface area is 135 Å². The zero-order valence-electron chi connectivity index (χ0n) is 12.6. The minimum Gasteiger partial charge on any atom is -0.493 e. The average molecular weight is 324 g/mol. The average Bonchev–Trinajstić information content (AvgIpc) is 2.87. The SMILES string of the molecule is Cc1ccccc1C(=O)N=Nc1c(O)[nH]c2ccc([N+](=O)[O-])cc12. The van der Waals surface area contributed by atoms with Crippen molar-refractivity contribution in [2.75, 3.05) is 0 Å². The number of nitro benzene ring substituents is 1. The number of nitrogens with zero attached hydrogens (tertiary/aromatic N) is 3. The van der Waals surface area contributed by atoms with Gasteiger partial charge in [-0.1, -0.05) is 18.2 Å². The molecular weight excluding hydrogens is 312 g/mol. The van der Waals surface area contributed by atoms with Crippen molar-refractivity contribution in [1.29, 1.82) is 0 Å². The number of amides is 1. The fourth-order valence-electron chi connectivity index (χ4n) is 2.33. The van der Waals surface area contributed by atoms with E-state index in [1.807, 2.05) is 0 Å². The zero-order chi connectivity index (χ0) is 17.3. The number of rotatable bonds is 3. The third-order valence-electron chi connectivity index (χ3n) is 3.56. The highest BCUT2D eigenvalue weighted by atomic mass is 16.6. The van der Waals surface area contributed by atoms with Crippen LogP contribution in [0.1, 0.15) is 15.9 Å². The molecule has 8 heteroatoms. The number of aryl methyl sites for hydroxylation is 1. The van der Waals surface area contributed by atoms with Crippen LogP contribution in [0.25, 0.3) is 10.9 Å². The first-order valence-corrected chi connectivity index (χ1v) is 6.98. The molecule has 0 aliphatic rings. The summed E-state index contributed by atoms with van der Waals surface area (Å²) in [4.78, 5) is 25.1. The number of aromatic amines is 1. The maximum absolute atomic E-state index is 12.1. The Balaban J connectivity index is 2.01. The van der Waals surface area contributed by atoms with Gasteiger partial charge < -0.3 is 10.1 Å². The fourth-order valence-corrected chi connectivity index (χ4v) is 2.33. The minimum absolute atomic E-state index is 0.0179. The molecule has 0 unspecified atom stereocenters. The summed E-state index contributed by atoms with van der Waals surface area (Å²) in [5.41, 5.74) is 1.43. The van der Waals surface area contributed by atoms with E-state index in [1.165, 1.54) is 18.2 Å². The summed E-state index contributed by atoms with van der Waals surface area (Å²) in [7, 11) is 0. The lowest BCUT2D eigenvalue weighted by Gasteiger charge is -1.98. The predicted molar refractivity (Wildman–Crippen MR) is 86.6 cm³/mol. The molecule has 0 atom stereocenters. The van der Waals surface area contributed by atoms with Crippen LogP contribution in [0.3, 0.4) is 0 Å². The maximum Gasteiger partial charge on any atom is 0.295 e. The number of non-ortho nitro benzene ring substituents is 1. The summed E-state index contributed by atoms with van der Waals surface area (Å²) in [6.45, 7) is 1.77.